The summed E-state index contributed by atoms with van der Waals surface area (Å²) in [5.41, 5.74) is 4.13. The van der Waals surface area contributed by atoms with E-state index in [2.05, 4.69) is 18.2 Å². The highest BCUT2D eigenvalue weighted by Gasteiger charge is 2.32. The highest BCUT2D eigenvalue weighted by atomic mass is 35.5. The Morgan fingerprint density at radius 1 is 1.10 bits per heavy atom. The van der Waals surface area contributed by atoms with Gasteiger partial charge in [0.1, 0.15) is 0 Å². The first-order valence-corrected chi connectivity index (χ1v) is 10.6. The topological polar surface area (TPSA) is 34.1 Å². The monoisotopic (exact) mass is 432 g/mol. The van der Waals surface area contributed by atoms with Crippen LogP contribution in [-0.4, -0.2) is 23.8 Å². The Morgan fingerprint density at radius 2 is 1.69 bits per heavy atom. The number of allylic oxidation sites excluding steroid dienone is 15. The Balaban J connectivity index is 0.00000379. The van der Waals surface area contributed by atoms with Crippen LogP contribution in [0.1, 0.15) is 34.1 Å². The Hall–Kier alpha value is -2.16. The minimum atomic E-state index is -0.120. The van der Waals surface area contributed by atoms with Gasteiger partial charge in [0.25, 0.3) is 0 Å². The lowest BCUT2D eigenvalue weighted by molar-refractivity contribution is -0.116. The van der Waals surface area contributed by atoms with E-state index in [4.69, 9.17) is 11.6 Å². The van der Waals surface area contributed by atoms with Crippen molar-refractivity contribution in [1.82, 2.24) is 0 Å². The third-order valence-corrected chi connectivity index (χ3v) is 4.40. The summed E-state index contributed by atoms with van der Waals surface area (Å²) in [5, 5.41) is 0. The van der Waals surface area contributed by atoms with Crippen molar-refractivity contribution < 1.29 is 9.59 Å². The van der Waals surface area contributed by atoms with Gasteiger partial charge in [0.2, 0.25) is 0 Å². The van der Waals surface area contributed by atoms with E-state index in [0.29, 0.717) is 17.0 Å². The Labute approximate surface area is 185 Å². The van der Waals surface area contributed by atoms with Gasteiger partial charge < -0.3 is 0 Å². The molecule has 0 radical (unpaired) electrons. The van der Waals surface area contributed by atoms with Crippen molar-refractivity contribution in [2.75, 3.05) is 12.3 Å². The normalized spacial score (nSPS) is 17.4. The highest BCUT2D eigenvalue weighted by Crippen LogP contribution is 2.37. The van der Waals surface area contributed by atoms with Crippen molar-refractivity contribution in [3.05, 3.63) is 94.7 Å². The number of rotatable bonds is 8. The number of hydrogen-bond donors (Lipinski definition) is 0. The lowest BCUT2D eigenvalue weighted by atomic mass is 9.92. The molecule has 4 heteroatoms. The number of carbonyl (C=O) groups is 2. The molecule has 2 nitrogen and oxygen atoms in total. The smallest absolute Gasteiger partial charge is 0.168 e. The summed E-state index contributed by atoms with van der Waals surface area (Å²) in [5.74, 6) is 0.202. The molecule has 0 unspecified atom stereocenters. The van der Waals surface area contributed by atoms with Crippen LogP contribution in [0.5, 0.6) is 0 Å². The Morgan fingerprint density at radius 3 is 2.17 bits per heavy atom. The van der Waals surface area contributed by atoms with E-state index < -0.39 is 0 Å². The van der Waals surface area contributed by atoms with Crippen molar-refractivity contribution in [2.45, 2.75) is 34.1 Å². The molecule has 29 heavy (non-hydrogen) atoms. The van der Waals surface area contributed by atoms with Gasteiger partial charge in [0.15, 0.2) is 11.6 Å². The van der Waals surface area contributed by atoms with E-state index in [1.165, 1.54) is 13.3 Å². The molecule has 0 bridgehead atoms. The number of carbonyl (C=O) groups excluding carboxylic acids is 2. The zero-order valence-electron chi connectivity index (χ0n) is 17.9. The molecule has 156 valence electrons. The largest absolute Gasteiger partial charge is 0.294 e. The van der Waals surface area contributed by atoms with Crippen LogP contribution in [0.2, 0.25) is 0 Å². The molecule has 1 aliphatic rings. The molecule has 1 rings (SSSR count). The molecule has 1 aliphatic carbocycles. The zero-order chi connectivity index (χ0) is 22.4. The molecule has 0 atom stereocenters. The fraction of sp³-hybridized carbons (Fsp3) is 0.280. The van der Waals surface area contributed by atoms with Crippen molar-refractivity contribution in [1.29, 1.82) is 0 Å². The van der Waals surface area contributed by atoms with Crippen LogP contribution in [0.3, 0.4) is 0 Å². The van der Waals surface area contributed by atoms with Gasteiger partial charge in [-0.15, -0.1) is 23.2 Å². The second-order valence-electron chi connectivity index (χ2n) is 6.07. The van der Waals surface area contributed by atoms with Crippen molar-refractivity contribution in [2.24, 2.45) is 0 Å². The molecule has 0 aromatic heterocycles. The summed E-state index contributed by atoms with van der Waals surface area (Å²) >= 11 is 10.4. The van der Waals surface area contributed by atoms with E-state index >= 15 is 0 Å². The SMILES string of the molecule is C=C/C(=C\C=C/C)C1=C(C(C)=O)/C(=C(C)/C(/C=C\CCl)=C/C=C\C)C(=O)C1.CCl. The fourth-order valence-electron chi connectivity index (χ4n) is 2.97. The third kappa shape index (κ3) is 7.64. The zero-order valence-corrected chi connectivity index (χ0v) is 19.4. The van der Waals surface area contributed by atoms with Crippen LogP contribution < -0.4 is 0 Å². The van der Waals surface area contributed by atoms with Gasteiger partial charge in [-0.3, -0.25) is 9.59 Å². The van der Waals surface area contributed by atoms with Crippen LogP contribution >= 0.6 is 23.2 Å². The number of Topliss-reactive ketones (excluding diaryl/α,β-unsaturated/α-hetero) is 2. The average molecular weight is 433 g/mol. The minimum absolute atomic E-state index is 0.0495. The molecule has 0 saturated heterocycles. The molecule has 0 N–H and O–H groups in total. The van der Waals surface area contributed by atoms with E-state index in [1.54, 1.807) is 6.08 Å². The lowest BCUT2D eigenvalue weighted by Gasteiger charge is -2.10. The summed E-state index contributed by atoms with van der Waals surface area (Å²) in [7, 11) is 0. The Bertz CT molecular complexity index is 829. The minimum Gasteiger partial charge on any atom is -0.294 e. The standard InChI is InChI=1S/C24H27ClO2.CH3Cl/c1-6-9-12-19(8-3)21-16-22(27)23(24(21)18(5)26)17(4)20(13-10-7-2)14-11-15-25;1-2/h6-14H,3,15-16H2,1-2,4-5H3;1H3/b9-6-,10-7-,14-11-,19-12+,20-13+,23-17+;. The third-order valence-electron chi connectivity index (χ3n) is 4.22. The summed E-state index contributed by atoms with van der Waals surface area (Å²) < 4.78 is 0. The van der Waals surface area contributed by atoms with Crippen LogP contribution in [0.4, 0.5) is 0 Å². The predicted molar refractivity (Wildman–Crippen MR) is 128 cm³/mol. The van der Waals surface area contributed by atoms with Gasteiger partial charge in [0.05, 0.1) is 0 Å². The van der Waals surface area contributed by atoms with Gasteiger partial charge >= 0.3 is 0 Å². The van der Waals surface area contributed by atoms with Gasteiger partial charge in [0, 0.05) is 29.8 Å². The van der Waals surface area contributed by atoms with Crippen LogP contribution in [0.15, 0.2) is 94.7 Å². The number of alkyl halides is 2. The maximum absolute atomic E-state index is 12.9. The van der Waals surface area contributed by atoms with Crippen LogP contribution in [0, 0.1) is 0 Å². The first-order chi connectivity index (χ1) is 13.9. The number of hydrogen-bond acceptors (Lipinski definition) is 2. The van der Waals surface area contributed by atoms with Gasteiger partial charge in [-0.25, -0.2) is 0 Å². The summed E-state index contributed by atoms with van der Waals surface area (Å²) in [6.45, 7) is 11.0. The molecule has 0 fully saturated rings. The molecule has 0 aliphatic heterocycles. The molecular formula is C25H30Cl2O2. The molecule has 0 spiro atoms. The van der Waals surface area contributed by atoms with Crippen LogP contribution in [0.25, 0.3) is 0 Å². The molecule has 0 aromatic rings. The molecular weight excluding hydrogens is 403 g/mol. The molecule has 0 heterocycles. The van der Waals surface area contributed by atoms with Crippen molar-refractivity contribution in [3.63, 3.8) is 0 Å². The Kier molecular flexibility index (Phi) is 13.7. The van der Waals surface area contributed by atoms with E-state index in [9.17, 15) is 9.59 Å². The van der Waals surface area contributed by atoms with E-state index in [1.807, 2.05) is 69.4 Å². The van der Waals surface area contributed by atoms with Gasteiger partial charge in [-0.2, -0.15) is 0 Å². The van der Waals surface area contributed by atoms with Gasteiger partial charge in [-0.05, 0) is 50.0 Å². The van der Waals surface area contributed by atoms with Crippen molar-refractivity contribution in [3.8, 4) is 0 Å². The molecule has 0 amide bonds. The maximum atomic E-state index is 12.9. The first kappa shape index (κ1) is 26.8. The number of ketones is 2. The second kappa shape index (κ2) is 14.8. The lowest BCUT2D eigenvalue weighted by Crippen LogP contribution is -2.06. The van der Waals surface area contributed by atoms with E-state index in [-0.39, 0.29) is 18.0 Å². The molecule has 0 saturated carbocycles. The van der Waals surface area contributed by atoms with Gasteiger partial charge in [-0.1, -0.05) is 61.3 Å². The van der Waals surface area contributed by atoms with E-state index in [0.717, 1.165) is 22.3 Å². The molecule has 0 aromatic carbocycles. The highest BCUT2D eigenvalue weighted by molar-refractivity contribution is 6.19. The maximum Gasteiger partial charge on any atom is 0.168 e. The summed E-state index contributed by atoms with van der Waals surface area (Å²) in [4.78, 5) is 25.3. The summed E-state index contributed by atoms with van der Waals surface area (Å²) in [6.07, 6.45) is 18.4. The average Bonchev–Trinajstić information content (AvgIpc) is 3.07. The first-order valence-electron chi connectivity index (χ1n) is 9.30. The summed E-state index contributed by atoms with van der Waals surface area (Å²) in [6, 6.07) is 0. The predicted octanol–water partition coefficient (Wildman–Crippen LogP) is 7.00. The quantitative estimate of drug-likeness (QED) is 0.235. The number of halogens is 2. The fourth-order valence-corrected chi connectivity index (χ4v) is 3.06. The van der Waals surface area contributed by atoms with Crippen LogP contribution in [-0.2, 0) is 9.59 Å². The van der Waals surface area contributed by atoms with Crippen molar-refractivity contribution >= 4 is 34.8 Å². The second-order valence-corrected chi connectivity index (χ2v) is 6.37.